The van der Waals surface area contributed by atoms with Crippen molar-refractivity contribution in [3.63, 3.8) is 0 Å². The van der Waals surface area contributed by atoms with Crippen molar-refractivity contribution in [3.05, 3.63) is 30.0 Å². The number of carbonyl (C=O) groups excluding carboxylic acids is 1. The molecule has 5 nitrogen and oxygen atoms in total. The predicted molar refractivity (Wildman–Crippen MR) is 83.6 cm³/mol. The third-order valence-electron chi connectivity index (χ3n) is 5.87. The molecular weight excluding hydrogens is 276 g/mol. The number of hydrogen-bond donors (Lipinski definition) is 0. The summed E-state index contributed by atoms with van der Waals surface area (Å²) in [7, 11) is 1.91. The van der Waals surface area contributed by atoms with E-state index in [1.165, 1.54) is 19.5 Å². The monoisotopic (exact) mass is 296 g/mol. The van der Waals surface area contributed by atoms with Gasteiger partial charge < -0.3 is 9.80 Å². The molecule has 4 atom stereocenters. The van der Waals surface area contributed by atoms with Crippen molar-refractivity contribution in [1.82, 2.24) is 19.6 Å². The highest BCUT2D eigenvalue weighted by Crippen LogP contribution is 2.42. The zero-order valence-electron chi connectivity index (χ0n) is 12.8. The lowest BCUT2D eigenvalue weighted by molar-refractivity contribution is 0.0420. The number of likely N-dealkylation sites (tertiary alicyclic amines) is 1. The maximum Gasteiger partial charge on any atom is 0.275 e. The fourth-order valence-electron chi connectivity index (χ4n) is 4.85. The molecule has 0 radical (unpaired) electrons. The minimum Gasteiger partial charge on any atom is -0.332 e. The Labute approximate surface area is 129 Å². The molecular formula is C17H20N4O. The van der Waals surface area contributed by atoms with E-state index in [0.29, 0.717) is 23.6 Å². The quantitative estimate of drug-likeness (QED) is 0.797. The average Bonchev–Trinajstić information content (AvgIpc) is 3.03. The van der Waals surface area contributed by atoms with Gasteiger partial charge in [-0.25, -0.2) is 0 Å². The van der Waals surface area contributed by atoms with Crippen LogP contribution in [0.15, 0.2) is 24.3 Å². The third-order valence-corrected chi connectivity index (χ3v) is 5.87. The summed E-state index contributed by atoms with van der Waals surface area (Å²) in [6.45, 7) is 4.35. The molecule has 4 saturated heterocycles. The molecule has 6 rings (SSSR count). The molecule has 1 amide bonds. The van der Waals surface area contributed by atoms with Crippen LogP contribution in [0.5, 0.6) is 0 Å². The molecule has 4 bridgehead atoms. The van der Waals surface area contributed by atoms with Crippen LogP contribution in [0.1, 0.15) is 16.9 Å². The van der Waals surface area contributed by atoms with Gasteiger partial charge in [0, 0.05) is 38.1 Å². The lowest BCUT2D eigenvalue weighted by Gasteiger charge is -2.44. The van der Waals surface area contributed by atoms with E-state index >= 15 is 0 Å². The van der Waals surface area contributed by atoms with Crippen LogP contribution in [0.4, 0.5) is 0 Å². The van der Waals surface area contributed by atoms with Gasteiger partial charge in [0.05, 0.1) is 5.52 Å². The molecule has 22 heavy (non-hydrogen) atoms. The minimum absolute atomic E-state index is 0.123. The Morgan fingerprint density at radius 3 is 2.91 bits per heavy atom. The molecule has 4 aliphatic rings. The first-order valence-corrected chi connectivity index (χ1v) is 8.17. The minimum atomic E-state index is 0.123. The molecule has 0 aliphatic carbocycles. The first-order chi connectivity index (χ1) is 10.7. The van der Waals surface area contributed by atoms with E-state index in [1.54, 1.807) is 0 Å². The summed E-state index contributed by atoms with van der Waals surface area (Å²) < 4.78 is 1.82. The SMILES string of the molecule is Cn1nc(C(=O)N2C[C@H]3CN4CC[C@H]3[C@H]2C4)c2ccccc21. The molecule has 1 unspecified atom stereocenters. The Kier molecular flexibility index (Phi) is 2.48. The maximum atomic E-state index is 13.1. The number of para-hydroxylation sites is 1. The largest absolute Gasteiger partial charge is 0.332 e. The Bertz CT molecular complexity index is 767. The zero-order valence-corrected chi connectivity index (χ0v) is 12.8. The van der Waals surface area contributed by atoms with Crippen LogP contribution in [0.2, 0.25) is 0 Å². The number of benzene rings is 1. The normalized spacial score (nSPS) is 32.9. The standard InChI is InChI=1S/C17H20N4O/c1-19-14-5-3-2-4-13(14)16(18-19)17(22)21-9-11-8-20-7-6-12(11)15(21)10-20/h2-5,11-12,15H,6-10H2,1H3/t11-,12-,15-/m1/s1. The zero-order chi connectivity index (χ0) is 14.8. The molecule has 4 fully saturated rings. The topological polar surface area (TPSA) is 41.4 Å². The number of fused-ring (bicyclic) bond motifs is 2. The Hall–Kier alpha value is -1.88. The van der Waals surface area contributed by atoms with Gasteiger partial charge in [-0.1, -0.05) is 18.2 Å². The summed E-state index contributed by atoms with van der Waals surface area (Å²) in [6.07, 6.45) is 1.25. The summed E-state index contributed by atoms with van der Waals surface area (Å²) >= 11 is 0. The van der Waals surface area contributed by atoms with Crippen molar-refractivity contribution in [2.75, 3.05) is 26.2 Å². The van der Waals surface area contributed by atoms with E-state index in [2.05, 4.69) is 14.9 Å². The van der Waals surface area contributed by atoms with Crippen molar-refractivity contribution in [2.24, 2.45) is 18.9 Å². The molecule has 0 saturated carbocycles. The fourth-order valence-corrected chi connectivity index (χ4v) is 4.85. The van der Waals surface area contributed by atoms with Crippen LogP contribution >= 0.6 is 0 Å². The summed E-state index contributed by atoms with van der Waals surface area (Å²) in [6, 6.07) is 8.41. The molecule has 0 N–H and O–H groups in total. The third kappa shape index (κ3) is 1.57. The van der Waals surface area contributed by atoms with E-state index in [0.717, 1.165) is 24.0 Å². The number of rotatable bonds is 1. The lowest BCUT2D eigenvalue weighted by atomic mass is 9.80. The highest BCUT2D eigenvalue weighted by Gasteiger charge is 2.51. The Morgan fingerprint density at radius 2 is 2.09 bits per heavy atom. The lowest BCUT2D eigenvalue weighted by Crippen LogP contribution is -2.54. The molecule has 0 spiro atoms. The smallest absolute Gasteiger partial charge is 0.275 e. The maximum absolute atomic E-state index is 13.1. The van der Waals surface area contributed by atoms with E-state index in [9.17, 15) is 4.79 Å². The average molecular weight is 296 g/mol. The van der Waals surface area contributed by atoms with Crippen molar-refractivity contribution < 1.29 is 4.79 Å². The Morgan fingerprint density at radius 1 is 1.23 bits per heavy atom. The van der Waals surface area contributed by atoms with Crippen molar-refractivity contribution in [1.29, 1.82) is 0 Å². The number of hydrogen-bond acceptors (Lipinski definition) is 3. The highest BCUT2D eigenvalue weighted by atomic mass is 16.2. The van der Waals surface area contributed by atoms with Crippen LogP contribution in [0.3, 0.4) is 0 Å². The number of amides is 1. The van der Waals surface area contributed by atoms with E-state index in [-0.39, 0.29) is 5.91 Å². The molecule has 2 aromatic rings. The van der Waals surface area contributed by atoms with Crippen LogP contribution in [0.25, 0.3) is 10.9 Å². The molecule has 1 aromatic carbocycles. The number of nitrogens with zero attached hydrogens (tertiary/aromatic N) is 4. The van der Waals surface area contributed by atoms with E-state index < -0.39 is 0 Å². The van der Waals surface area contributed by atoms with Gasteiger partial charge in [-0.05, 0) is 30.9 Å². The molecule has 4 aliphatic heterocycles. The second-order valence-corrected chi connectivity index (χ2v) is 6.99. The summed E-state index contributed by atoms with van der Waals surface area (Å²) in [5.41, 5.74) is 1.65. The van der Waals surface area contributed by atoms with Crippen molar-refractivity contribution in [3.8, 4) is 0 Å². The highest BCUT2D eigenvalue weighted by molar-refractivity contribution is 6.05. The van der Waals surface area contributed by atoms with Crippen molar-refractivity contribution >= 4 is 16.8 Å². The second kappa shape index (κ2) is 4.32. The van der Waals surface area contributed by atoms with Gasteiger partial charge in [-0.2, -0.15) is 5.10 Å². The first kappa shape index (κ1) is 12.6. The second-order valence-electron chi connectivity index (χ2n) is 6.99. The van der Waals surface area contributed by atoms with Gasteiger partial charge in [-0.15, -0.1) is 0 Å². The number of piperidine rings is 3. The van der Waals surface area contributed by atoms with Gasteiger partial charge in [0.1, 0.15) is 0 Å². The van der Waals surface area contributed by atoms with Crippen LogP contribution < -0.4 is 0 Å². The number of carbonyl (C=O) groups is 1. The summed E-state index contributed by atoms with van der Waals surface area (Å²) in [4.78, 5) is 17.8. The van der Waals surface area contributed by atoms with Crippen molar-refractivity contribution in [2.45, 2.75) is 12.5 Å². The fraction of sp³-hybridized carbons (Fsp3) is 0.529. The summed E-state index contributed by atoms with van der Waals surface area (Å²) in [5, 5.41) is 5.50. The predicted octanol–water partition coefficient (Wildman–Crippen LogP) is 1.35. The van der Waals surface area contributed by atoms with Crippen LogP contribution in [0, 0.1) is 11.8 Å². The molecule has 5 heteroatoms. The number of aryl methyl sites for hydroxylation is 1. The van der Waals surface area contributed by atoms with Gasteiger partial charge >= 0.3 is 0 Å². The van der Waals surface area contributed by atoms with Gasteiger partial charge in [-0.3, -0.25) is 9.48 Å². The molecule has 114 valence electrons. The van der Waals surface area contributed by atoms with E-state index in [1.807, 2.05) is 36.0 Å². The summed E-state index contributed by atoms with van der Waals surface area (Å²) in [5.74, 6) is 1.51. The van der Waals surface area contributed by atoms with Gasteiger partial charge in [0.2, 0.25) is 0 Å². The number of aromatic nitrogens is 2. The van der Waals surface area contributed by atoms with Gasteiger partial charge in [0.25, 0.3) is 5.91 Å². The first-order valence-electron chi connectivity index (χ1n) is 8.17. The van der Waals surface area contributed by atoms with E-state index in [4.69, 9.17) is 0 Å². The Balaban J connectivity index is 1.54. The van der Waals surface area contributed by atoms with Crippen LogP contribution in [-0.4, -0.2) is 57.7 Å². The molecule has 5 heterocycles. The van der Waals surface area contributed by atoms with Gasteiger partial charge in [0.15, 0.2) is 5.69 Å². The van der Waals surface area contributed by atoms with Crippen LogP contribution in [-0.2, 0) is 7.05 Å². The molecule has 1 aromatic heterocycles.